The van der Waals surface area contributed by atoms with E-state index in [-0.39, 0.29) is 11.8 Å². The van der Waals surface area contributed by atoms with Gasteiger partial charge in [0.1, 0.15) is 0 Å². The lowest BCUT2D eigenvalue weighted by Gasteiger charge is -2.18. The van der Waals surface area contributed by atoms with Crippen LogP contribution in [0.2, 0.25) is 0 Å². The van der Waals surface area contributed by atoms with Crippen LogP contribution in [0, 0.1) is 6.92 Å². The second-order valence-electron chi connectivity index (χ2n) is 4.71. The Hall–Kier alpha value is -2.10. The Labute approximate surface area is 120 Å². The van der Waals surface area contributed by atoms with Crippen molar-refractivity contribution in [2.24, 2.45) is 0 Å². The zero-order valence-electron chi connectivity index (χ0n) is 12.2. The van der Waals surface area contributed by atoms with E-state index >= 15 is 0 Å². The Kier molecular flexibility index (Phi) is 6.50. The number of carbonyl (C=O) groups excluding carboxylic acids is 2. The molecule has 1 rings (SSSR count). The fourth-order valence-electron chi connectivity index (χ4n) is 1.86. The first-order chi connectivity index (χ1) is 9.54. The average Bonchev–Trinajstić information content (AvgIpc) is 2.42. The van der Waals surface area contributed by atoms with Crippen LogP contribution in [0.5, 0.6) is 0 Å². The van der Waals surface area contributed by atoms with E-state index in [4.69, 9.17) is 0 Å². The van der Waals surface area contributed by atoms with Crippen LogP contribution in [0.3, 0.4) is 0 Å². The number of nitrogens with one attached hydrogen (secondary N) is 1. The van der Waals surface area contributed by atoms with Crippen molar-refractivity contribution < 1.29 is 9.59 Å². The molecule has 108 valence electrons. The van der Waals surface area contributed by atoms with Crippen LogP contribution in [-0.2, 0) is 16.1 Å². The highest BCUT2D eigenvalue weighted by Gasteiger charge is 2.09. The third kappa shape index (κ3) is 5.26. The minimum absolute atomic E-state index is 0.0448. The lowest BCUT2D eigenvalue weighted by atomic mass is 10.1. The average molecular weight is 274 g/mol. The Balaban J connectivity index is 2.38. The molecule has 0 unspecified atom stereocenters. The molecule has 0 atom stereocenters. The van der Waals surface area contributed by atoms with Gasteiger partial charge in [-0.25, -0.2) is 0 Å². The van der Waals surface area contributed by atoms with Crippen molar-refractivity contribution >= 4 is 11.8 Å². The van der Waals surface area contributed by atoms with Gasteiger partial charge in [0.05, 0.1) is 0 Å². The van der Waals surface area contributed by atoms with Crippen molar-refractivity contribution in [3.05, 3.63) is 48.0 Å². The standard InChI is InChI=1S/C16H22N2O2/c1-4-10-18(14(3)19)11-9-16(20)17-12-15-8-6-5-7-13(15)2/h4-8H,1,9-12H2,2-3H3,(H,17,20). The zero-order chi connectivity index (χ0) is 15.0. The maximum Gasteiger partial charge on any atom is 0.222 e. The van der Waals surface area contributed by atoms with Crippen molar-refractivity contribution in [2.45, 2.75) is 26.8 Å². The second-order valence-corrected chi connectivity index (χ2v) is 4.71. The summed E-state index contributed by atoms with van der Waals surface area (Å²) >= 11 is 0. The van der Waals surface area contributed by atoms with Gasteiger partial charge >= 0.3 is 0 Å². The molecule has 0 spiro atoms. The molecule has 1 N–H and O–H groups in total. The van der Waals surface area contributed by atoms with E-state index in [0.29, 0.717) is 26.1 Å². The largest absolute Gasteiger partial charge is 0.352 e. The predicted octanol–water partition coefficient (Wildman–Crippen LogP) is 2.04. The number of hydrogen-bond acceptors (Lipinski definition) is 2. The van der Waals surface area contributed by atoms with E-state index in [1.165, 1.54) is 6.92 Å². The highest BCUT2D eigenvalue weighted by Crippen LogP contribution is 2.06. The monoisotopic (exact) mass is 274 g/mol. The minimum Gasteiger partial charge on any atom is -0.352 e. The van der Waals surface area contributed by atoms with E-state index in [1.54, 1.807) is 11.0 Å². The summed E-state index contributed by atoms with van der Waals surface area (Å²) in [5, 5.41) is 2.87. The Morgan fingerprint density at radius 3 is 2.65 bits per heavy atom. The smallest absolute Gasteiger partial charge is 0.222 e. The quantitative estimate of drug-likeness (QED) is 0.773. The summed E-state index contributed by atoms with van der Waals surface area (Å²) in [6.45, 7) is 8.52. The Morgan fingerprint density at radius 2 is 2.05 bits per heavy atom. The molecule has 0 saturated heterocycles. The lowest BCUT2D eigenvalue weighted by molar-refractivity contribution is -0.129. The summed E-state index contributed by atoms with van der Waals surface area (Å²) in [4.78, 5) is 24.7. The molecular weight excluding hydrogens is 252 g/mol. The van der Waals surface area contributed by atoms with E-state index < -0.39 is 0 Å². The fraction of sp³-hybridized carbons (Fsp3) is 0.375. The Bertz CT molecular complexity index is 483. The van der Waals surface area contributed by atoms with Gasteiger partial charge in [-0.1, -0.05) is 30.3 Å². The van der Waals surface area contributed by atoms with E-state index in [0.717, 1.165) is 11.1 Å². The first-order valence-corrected chi connectivity index (χ1v) is 6.72. The van der Waals surface area contributed by atoms with Crippen LogP contribution < -0.4 is 5.32 Å². The molecule has 0 heterocycles. The third-order valence-electron chi connectivity index (χ3n) is 3.14. The molecule has 0 fully saturated rings. The first kappa shape index (κ1) is 16.0. The van der Waals surface area contributed by atoms with Crippen molar-refractivity contribution in [1.82, 2.24) is 10.2 Å². The Morgan fingerprint density at radius 1 is 1.35 bits per heavy atom. The normalized spacial score (nSPS) is 9.90. The highest BCUT2D eigenvalue weighted by atomic mass is 16.2. The van der Waals surface area contributed by atoms with Crippen LogP contribution in [-0.4, -0.2) is 29.8 Å². The summed E-state index contributed by atoms with van der Waals surface area (Å²) < 4.78 is 0. The predicted molar refractivity (Wildman–Crippen MR) is 80.1 cm³/mol. The molecule has 20 heavy (non-hydrogen) atoms. The van der Waals surface area contributed by atoms with Crippen LogP contribution >= 0.6 is 0 Å². The van der Waals surface area contributed by atoms with Gasteiger partial charge in [0, 0.05) is 33.0 Å². The molecule has 1 aromatic carbocycles. The van der Waals surface area contributed by atoms with Gasteiger partial charge in [0.2, 0.25) is 11.8 Å². The van der Waals surface area contributed by atoms with Crippen LogP contribution in [0.25, 0.3) is 0 Å². The molecule has 1 aromatic rings. The van der Waals surface area contributed by atoms with Crippen molar-refractivity contribution in [1.29, 1.82) is 0 Å². The number of carbonyl (C=O) groups is 2. The molecule has 0 bridgehead atoms. The molecule has 0 aliphatic heterocycles. The third-order valence-corrected chi connectivity index (χ3v) is 3.14. The van der Waals surface area contributed by atoms with Gasteiger partial charge < -0.3 is 10.2 Å². The van der Waals surface area contributed by atoms with Crippen LogP contribution in [0.1, 0.15) is 24.5 Å². The molecule has 0 saturated carbocycles. The molecular formula is C16H22N2O2. The number of nitrogens with zero attached hydrogens (tertiary/aromatic N) is 1. The lowest BCUT2D eigenvalue weighted by Crippen LogP contribution is -2.33. The number of benzene rings is 1. The second kappa shape index (κ2) is 8.15. The number of hydrogen-bond donors (Lipinski definition) is 1. The van der Waals surface area contributed by atoms with E-state index in [1.807, 2.05) is 31.2 Å². The van der Waals surface area contributed by atoms with Gasteiger partial charge in [0.15, 0.2) is 0 Å². The van der Waals surface area contributed by atoms with Crippen LogP contribution in [0.15, 0.2) is 36.9 Å². The molecule has 0 aliphatic carbocycles. The summed E-state index contributed by atoms with van der Waals surface area (Å²) in [6.07, 6.45) is 1.96. The molecule has 4 heteroatoms. The van der Waals surface area contributed by atoms with E-state index in [2.05, 4.69) is 11.9 Å². The van der Waals surface area contributed by atoms with Gasteiger partial charge in [-0.2, -0.15) is 0 Å². The summed E-state index contributed by atoms with van der Waals surface area (Å²) in [6, 6.07) is 7.94. The number of rotatable bonds is 7. The van der Waals surface area contributed by atoms with Crippen LogP contribution in [0.4, 0.5) is 0 Å². The van der Waals surface area contributed by atoms with Crippen molar-refractivity contribution in [3.8, 4) is 0 Å². The summed E-state index contributed by atoms with van der Waals surface area (Å²) in [5.74, 6) is -0.0971. The molecule has 2 amide bonds. The van der Waals surface area contributed by atoms with Gasteiger partial charge in [0.25, 0.3) is 0 Å². The zero-order valence-corrected chi connectivity index (χ0v) is 12.2. The van der Waals surface area contributed by atoms with E-state index in [9.17, 15) is 9.59 Å². The van der Waals surface area contributed by atoms with Crippen molar-refractivity contribution in [3.63, 3.8) is 0 Å². The highest BCUT2D eigenvalue weighted by molar-refractivity contribution is 5.78. The molecule has 0 aromatic heterocycles. The summed E-state index contributed by atoms with van der Waals surface area (Å²) in [7, 11) is 0. The topological polar surface area (TPSA) is 49.4 Å². The SMILES string of the molecule is C=CCN(CCC(=O)NCc1ccccc1C)C(C)=O. The van der Waals surface area contributed by atoms with Gasteiger partial charge in [-0.05, 0) is 18.1 Å². The summed E-state index contributed by atoms with van der Waals surface area (Å²) in [5.41, 5.74) is 2.26. The maximum absolute atomic E-state index is 11.8. The number of aryl methyl sites for hydroxylation is 1. The minimum atomic E-state index is -0.0523. The molecule has 0 aliphatic rings. The van der Waals surface area contributed by atoms with Gasteiger partial charge in [-0.15, -0.1) is 6.58 Å². The number of amides is 2. The first-order valence-electron chi connectivity index (χ1n) is 6.72. The van der Waals surface area contributed by atoms with Crippen molar-refractivity contribution in [2.75, 3.05) is 13.1 Å². The maximum atomic E-state index is 11.8. The fourth-order valence-corrected chi connectivity index (χ4v) is 1.86. The molecule has 0 radical (unpaired) electrons. The van der Waals surface area contributed by atoms with Gasteiger partial charge in [-0.3, -0.25) is 9.59 Å². The molecule has 4 nitrogen and oxygen atoms in total.